The van der Waals surface area contributed by atoms with Crippen molar-refractivity contribution in [1.29, 1.82) is 0 Å². The third-order valence-corrected chi connectivity index (χ3v) is 4.03. The van der Waals surface area contributed by atoms with Crippen LogP contribution >= 0.6 is 27.7 Å². The Morgan fingerprint density at radius 3 is 2.75 bits per heavy atom. The van der Waals surface area contributed by atoms with E-state index in [9.17, 15) is 0 Å². The molecule has 0 aliphatic heterocycles. The van der Waals surface area contributed by atoms with E-state index in [2.05, 4.69) is 32.2 Å². The number of nitrogens with zero attached hydrogens (tertiary/aromatic N) is 3. The minimum Gasteiger partial charge on any atom is -0.368 e. The van der Waals surface area contributed by atoms with Crippen molar-refractivity contribution in [3.63, 3.8) is 0 Å². The second kappa shape index (κ2) is 4.88. The van der Waals surface area contributed by atoms with Crippen LogP contribution in [0.3, 0.4) is 0 Å². The molecule has 1 aromatic carbocycles. The van der Waals surface area contributed by atoms with E-state index in [4.69, 9.17) is 5.73 Å². The summed E-state index contributed by atoms with van der Waals surface area (Å²) < 4.78 is 2.89. The zero-order chi connectivity index (χ0) is 11.5. The van der Waals surface area contributed by atoms with E-state index in [0.29, 0.717) is 5.95 Å². The van der Waals surface area contributed by atoms with Crippen molar-refractivity contribution in [1.82, 2.24) is 14.8 Å². The Kier molecular flexibility index (Phi) is 3.50. The minimum absolute atomic E-state index is 0.439. The van der Waals surface area contributed by atoms with Gasteiger partial charge in [-0.3, -0.25) is 4.57 Å². The van der Waals surface area contributed by atoms with Gasteiger partial charge in [0.05, 0.1) is 0 Å². The van der Waals surface area contributed by atoms with Crippen LogP contribution in [0, 0.1) is 0 Å². The monoisotopic (exact) mass is 298 g/mol. The summed E-state index contributed by atoms with van der Waals surface area (Å²) >= 11 is 5.13. The lowest BCUT2D eigenvalue weighted by molar-refractivity contribution is 0.796. The van der Waals surface area contributed by atoms with Gasteiger partial charge in [-0.25, -0.2) is 0 Å². The predicted molar refractivity (Wildman–Crippen MR) is 69.1 cm³/mol. The first-order valence-corrected chi connectivity index (χ1v) is 6.47. The molecule has 0 amide bonds. The summed E-state index contributed by atoms with van der Waals surface area (Å²) in [6, 6.07) is 8.13. The molecule has 84 valence electrons. The van der Waals surface area contributed by atoms with E-state index in [0.717, 1.165) is 15.4 Å². The van der Waals surface area contributed by atoms with Gasteiger partial charge in [-0.2, -0.15) is 0 Å². The molecule has 2 rings (SSSR count). The van der Waals surface area contributed by atoms with E-state index in [1.165, 1.54) is 5.56 Å². The molecule has 0 saturated carbocycles. The molecular weight excluding hydrogens is 288 g/mol. The Labute approximate surface area is 106 Å². The third kappa shape index (κ3) is 2.38. The molecule has 1 aromatic heterocycles. The maximum atomic E-state index is 5.61. The van der Waals surface area contributed by atoms with Crippen molar-refractivity contribution < 1.29 is 0 Å². The molecule has 2 aromatic rings. The van der Waals surface area contributed by atoms with Crippen LogP contribution in [0.2, 0.25) is 0 Å². The van der Waals surface area contributed by atoms with Crippen LogP contribution in [0.4, 0.5) is 5.95 Å². The molecule has 16 heavy (non-hydrogen) atoms. The minimum atomic E-state index is 0.439. The number of thioether (sulfide) groups is 1. The van der Waals surface area contributed by atoms with Gasteiger partial charge in [-0.1, -0.05) is 45.9 Å². The average molecular weight is 299 g/mol. The topological polar surface area (TPSA) is 56.7 Å². The van der Waals surface area contributed by atoms with Crippen molar-refractivity contribution in [2.45, 2.75) is 10.9 Å². The zero-order valence-corrected chi connectivity index (χ0v) is 11.1. The Morgan fingerprint density at radius 1 is 1.38 bits per heavy atom. The first-order valence-electron chi connectivity index (χ1n) is 4.69. The van der Waals surface area contributed by atoms with Gasteiger partial charge in [-0.05, 0) is 11.6 Å². The van der Waals surface area contributed by atoms with Crippen molar-refractivity contribution >= 4 is 33.6 Å². The van der Waals surface area contributed by atoms with Crippen molar-refractivity contribution in [3.05, 3.63) is 34.3 Å². The molecule has 0 atom stereocenters. The zero-order valence-electron chi connectivity index (χ0n) is 8.72. The van der Waals surface area contributed by atoms with Crippen molar-refractivity contribution in [3.8, 4) is 0 Å². The highest BCUT2D eigenvalue weighted by Crippen LogP contribution is 2.25. The fraction of sp³-hybridized carbons (Fsp3) is 0.200. The number of aromatic nitrogens is 3. The van der Waals surface area contributed by atoms with Crippen LogP contribution in [0.5, 0.6) is 0 Å². The number of rotatable bonds is 3. The van der Waals surface area contributed by atoms with E-state index in [1.54, 1.807) is 16.3 Å². The Morgan fingerprint density at radius 2 is 2.12 bits per heavy atom. The quantitative estimate of drug-likeness (QED) is 0.885. The summed E-state index contributed by atoms with van der Waals surface area (Å²) in [5, 5.41) is 8.63. The SMILES string of the molecule is Cn1c(N)nnc1SCc1ccccc1Br. The molecule has 6 heteroatoms. The van der Waals surface area contributed by atoms with Crippen molar-refractivity contribution in [2.75, 3.05) is 5.73 Å². The highest BCUT2D eigenvalue weighted by molar-refractivity contribution is 9.10. The number of hydrogen-bond acceptors (Lipinski definition) is 4. The van der Waals surface area contributed by atoms with Gasteiger partial charge in [0.25, 0.3) is 0 Å². The van der Waals surface area contributed by atoms with Gasteiger partial charge in [0, 0.05) is 17.3 Å². The molecule has 0 aliphatic carbocycles. The number of nitrogens with two attached hydrogens (primary N) is 1. The number of halogens is 1. The summed E-state index contributed by atoms with van der Waals surface area (Å²) in [6.45, 7) is 0. The molecule has 0 unspecified atom stereocenters. The summed E-state index contributed by atoms with van der Waals surface area (Å²) in [5.74, 6) is 1.28. The summed E-state index contributed by atoms with van der Waals surface area (Å²) in [7, 11) is 1.86. The Balaban J connectivity index is 2.08. The molecule has 0 bridgehead atoms. The highest BCUT2D eigenvalue weighted by atomic mass is 79.9. The van der Waals surface area contributed by atoms with E-state index < -0.39 is 0 Å². The molecule has 0 saturated heterocycles. The molecule has 0 fully saturated rings. The lowest BCUT2D eigenvalue weighted by atomic mass is 10.2. The van der Waals surface area contributed by atoms with Gasteiger partial charge in [-0.15, -0.1) is 10.2 Å². The van der Waals surface area contributed by atoms with Crippen LogP contribution < -0.4 is 5.73 Å². The van der Waals surface area contributed by atoms with Gasteiger partial charge < -0.3 is 5.73 Å². The lowest BCUT2D eigenvalue weighted by Gasteiger charge is -2.03. The molecule has 4 nitrogen and oxygen atoms in total. The number of benzene rings is 1. The molecule has 0 radical (unpaired) electrons. The normalized spacial score (nSPS) is 10.6. The van der Waals surface area contributed by atoms with E-state index in [1.807, 2.05) is 25.2 Å². The van der Waals surface area contributed by atoms with Crippen LogP contribution in [0.25, 0.3) is 0 Å². The first kappa shape index (κ1) is 11.5. The van der Waals surface area contributed by atoms with Crippen LogP contribution in [0.15, 0.2) is 33.9 Å². The van der Waals surface area contributed by atoms with Gasteiger partial charge in [0.15, 0.2) is 5.16 Å². The lowest BCUT2D eigenvalue weighted by Crippen LogP contribution is -1.98. The van der Waals surface area contributed by atoms with Gasteiger partial charge in [0.2, 0.25) is 5.95 Å². The van der Waals surface area contributed by atoms with Crippen LogP contribution in [-0.2, 0) is 12.8 Å². The number of hydrogen-bond donors (Lipinski definition) is 1. The number of nitrogen functional groups attached to an aromatic ring is 1. The second-order valence-corrected chi connectivity index (χ2v) is 5.08. The number of anilines is 1. The predicted octanol–water partition coefficient (Wildman–Crippen LogP) is 2.45. The van der Waals surface area contributed by atoms with Crippen molar-refractivity contribution in [2.24, 2.45) is 7.05 Å². The van der Waals surface area contributed by atoms with Crippen LogP contribution in [0.1, 0.15) is 5.56 Å². The van der Waals surface area contributed by atoms with E-state index >= 15 is 0 Å². The third-order valence-electron chi connectivity index (χ3n) is 2.18. The molecule has 2 N–H and O–H groups in total. The standard InChI is InChI=1S/C10H11BrN4S/c1-15-9(12)13-14-10(15)16-6-7-4-2-3-5-8(7)11/h2-5H,6H2,1H3,(H2,12,13). The largest absolute Gasteiger partial charge is 0.368 e. The van der Waals surface area contributed by atoms with Gasteiger partial charge >= 0.3 is 0 Å². The highest BCUT2D eigenvalue weighted by Gasteiger charge is 2.07. The fourth-order valence-electron chi connectivity index (χ4n) is 1.21. The maximum absolute atomic E-state index is 5.61. The molecular formula is C10H11BrN4S. The van der Waals surface area contributed by atoms with Gasteiger partial charge in [0.1, 0.15) is 0 Å². The Bertz CT molecular complexity index is 497. The summed E-state index contributed by atoms with van der Waals surface area (Å²) in [4.78, 5) is 0. The molecule has 0 spiro atoms. The fourth-order valence-corrected chi connectivity index (χ4v) is 2.74. The average Bonchev–Trinajstić information content (AvgIpc) is 2.59. The summed E-state index contributed by atoms with van der Waals surface area (Å²) in [6.07, 6.45) is 0. The second-order valence-electron chi connectivity index (χ2n) is 3.28. The van der Waals surface area contributed by atoms with Crippen LogP contribution in [-0.4, -0.2) is 14.8 Å². The first-order chi connectivity index (χ1) is 7.68. The Hall–Kier alpha value is -1.01. The smallest absolute Gasteiger partial charge is 0.222 e. The molecule has 1 heterocycles. The molecule has 0 aliphatic rings. The maximum Gasteiger partial charge on any atom is 0.222 e. The summed E-state index contributed by atoms with van der Waals surface area (Å²) in [5.41, 5.74) is 6.84. The van der Waals surface area contributed by atoms with E-state index in [-0.39, 0.29) is 0 Å².